The zero-order chi connectivity index (χ0) is 21.2. The fourth-order valence-corrected chi connectivity index (χ4v) is 3.80. The van der Waals surface area contributed by atoms with Gasteiger partial charge < -0.3 is 9.42 Å². The van der Waals surface area contributed by atoms with E-state index in [1.54, 1.807) is 20.2 Å². The van der Waals surface area contributed by atoms with Gasteiger partial charge in [-0.05, 0) is 6.92 Å². The van der Waals surface area contributed by atoms with E-state index >= 15 is 0 Å². The van der Waals surface area contributed by atoms with Crippen LogP contribution in [-0.4, -0.2) is 46.2 Å². The molecule has 154 valence electrons. The summed E-state index contributed by atoms with van der Waals surface area (Å²) in [4.78, 5) is 14.2. The van der Waals surface area contributed by atoms with Crippen LogP contribution in [0.1, 0.15) is 17.0 Å². The average Bonchev–Trinajstić information content (AvgIpc) is 3.15. The molecule has 0 aliphatic carbocycles. The standard InChI is InChI=1S/C19H21ClN4O4S/c1-13-15(19(22-28-13)14-7-5-4-6-8-14)9-24(18(25)12-29(3,26)27)11-17-16(20)10-23(2)21-17/h4-8,10H,9,11-12H2,1-3H3. The first kappa shape index (κ1) is 21.1. The van der Waals surface area contributed by atoms with Crippen molar-refractivity contribution in [3.63, 3.8) is 0 Å². The summed E-state index contributed by atoms with van der Waals surface area (Å²) in [5, 5.41) is 8.79. The van der Waals surface area contributed by atoms with Crippen molar-refractivity contribution >= 4 is 27.3 Å². The average molecular weight is 437 g/mol. The first-order valence-electron chi connectivity index (χ1n) is 8.78. The van der Waals surface area contributed by atoms with Gasteiger partial charge in [0.2, 0.25) is 5.91 Å². The molecule has 0 saturated carbocycles. The van der Waals surface area contributed by atoms with Gasteiger partial charge in [-0.15, -0.1) is 0 Å². The minimum absolute atomic E-state index is 0.0624. The molecule has 0 N–H and O–H groups in total. The quantitative estimate of drug-likeness (QED) is 0.564. The van der Waals surface area contributed by atoms with E-state index in [1.807, 2.05) is 30.3 Å². The predicted octanol–water partition coefficient (Wildman–Crippen LogP) is 2.61. The number of hydrogen-bond donors (Lipinski definition) is 0. The molecule has 2 aromatic heterocycles. The Morgan fingerprint density at radius 3 is 2.52 bits per heavy atom. The summed E-state index contributed by atoms with van der Waals surface area (Å²) in [7, 11) is -1.79. The highest BCUT2D eigenvalue weighted by atomic mass is 35.5. The summed E-state index contributed by atoms with van der Waals surface area (Å²) in [5.74, 6) is -0.607. The fourth-order valence-electron chi connectivity index (χ4n) is 2.93. The maximum Gasteiger partial charge on any atom is 0.238 e. The van der Waals surface area contributed by atoms with Crippen LogP contribution in [0.5, 0.6) is 0 Å². The van der Waals surface area contributed by atoms with Gasteiger partial charge in [0.25, 0.3) is 0 Å². The third-order valence-electron chi connectivity index (χ3n) is 4.31. The summed E-state index contributed by atoms with van der Waals surface area (Å²) in [6.45, 7) is 1.93. The largest absolute Gasteiger partial charge is 0.361 e. The van der Waals surface area contributed by atoms with E-state index in [1.165, 1.54) is 9.58 Å². The van der Waals surface area contributed by atoms with Crippen LogP contribution < -0.4 is 0 Å². The molecule has 0 spiro atoms. The third-order valence-corrected chi connectivity index (χ3v) is 5.40. The lowest BCUT2D eigenvalue weighted by Crippen LogP contribution is -2.35. The highest BCUT2D eigenvalue weighted by Crippen LogP contribution is 2.27. The molecule has 3 rings (SSSR count). The maximum atomic E-state index is 12.8. The van der Waals surface area contributed by atoms with Gasteiger partial charge in [-0.25, -0.2) is 8.42 Å². The van der Waals surface area contributed by atoms with Crippen molar-refractivity contribution < 1.29 is 17.7 Å². The van der Waals surface area contributed by atoms with Gasteiger partial charge in [-0.3, -0.25) is 9.48 Å². The van der Waals surface area contributed by atoms with E-state index in [2.05, 4.69) is 10.3 Å². The molecular formula is C19H21ClN4O4S. The SMILES string of the molecule is Cc1onc(-c2ccccc2)c1CN(Cc1nn(C)cc1Cl)C(=O)CS(C)(=O)=O. The molecule has 3 aromatic rings. The molecule has 0 aliphatic heterocycles. The van der Waals surface area contributed by atoms with Crippen LogP contribution in [0, 0.1) is 6.92 Å². The third kappa shape index (κ3) is 5.24. The molecule has 0 bridgehead atoms. The zero-order valence-electron chi connectivity index (χ0n) is 16.3. The van der Waals surface area contributed by atoms with E-state index < -0.39 is 21.5 Å². The topological polar surface area (TPSA) is 98.3 Å². The van der Waals surface area contributed by atoms with Crippen molar-refractivity contribution in [2.45, 2.75) is 20.0 Å². The van der Waals surface area contributed by atoms with Crippen LogP contribution in [0.3, 0.4) is 0 Å². The first-order chi connectivity index (χ1) is 13.6. The number of amides is 1. The molecule has 1 amide bonds. The van der Waals surface area contributed by atoms with Gasteiger partial charge in [0.1, 0.15) is 22.9 Å². The van der Waals surface area contributed by atoms with E-state index in [4.69, 9.17) is 16.1 Å². The van der Waals surface area contributed by atoms with E-state index in [9.17, 15) is 13.2 Å². The highest BCUT2D eigenvalue weighted by molar-refractivity contribution is 7.91. The Hall–Kier alpha value is -2.65. The summed E-state index contributed by atoms with van der Waals surface area (Å²) in [6, 6.07) is 9.42. The number of aromatic nitrogens is 3. The summed E-state index contributed by atoms with van der Waals surface area (Å²) in [6.07, 6.45) is 2.65. The summed E-state index contributed by atoms with van der Waals surface area (Å²) < 4.78 is 30.3. The van der Waals surface area contributed by atoms with Gasteiger partial charge in [-0.2, -0.15) is 5.10 Å². The van der Waals surface area contributed by atoms with Crippen LogP contribution in [0.4, 0.5) is 0 Å². The summed E-state index contributed by atoms with van der Waals surface area (Å²) in [5.41, 5.74) is 2.62. The monoisotopic (exact) mass is 436 g/mol. The Morgan fingerprint density at radius 1 is 1.24 bits per heavy atom. The molecule has 0 aliphatic rings. The molecule has 29 heavy (non-hydrogen) atoms. The zero-order valence-corrected chi connectivity index (χ0v) is 17.9. The predicted molar refractivity (Wildman–Crippen MR) is 109 cm³/mol. The molecule has 2 heterocycles. The Labute approximate surface area is 174 Å². The van der Waals surface area contributed by atoms with Crippen LogP contribution in [0.2, 0.25) is 5.02 Å². The van der Waals surface area contributed by atoms with Crippen molar-refractivity contribution in [2.24, 2.45) is 7.05 Å². The van der Waals surface area contributed by atoms with Crippen molar-refractivity contribution in [3.05, 3.63) is 58.6 Å². The number of aryl methyl sites for hydroxylation is 2. The number of rotatable bonds is 7. The number of nitrogens with zero attached hydrogens (tertiary/aromatic N) is 4. The lowest BCUT2D eigenvalue weighted by molar-refractivity contribution is -0.129. The Bertz CT molecular complexity index is 1120. The van der Waals surface area contributed by atoms with E-state index in [-0.39, 0.29) is 13.1 Å². The van der Waals surface area contributed by atoms with Gasteiger partial charge in [0.15, 0.2) is 9.84 Å². The van der Waals surface area contributed by atoms with Crippen molar-refractivity contribution in [2.75, 3.05) is 12.0 Å². The maximum absolute atomic E-state index is 12.8. The van der Waals surface area contributed by atoms with Gasteiger partial charge in [0, 0.05) is 30.6 Å². The van der Waals surface area contributed by atoms with E-state index in [0.717, 1.165) is 11.8 Å². The Kier molecular flexibility index (Phi) is 6.09. The second-order valence-corrected chi connectivity index (χ2v) is 9.40. The second kappa shape index (κ2) is 8.38. The number of sulfone groups is 1. The van der Waals surface area contributed by atoms with Gasteiger partial charge >= 0.3 is 0 Å². The van der Waals surface area contributed by atoms with Crippen LogP contribution in [0.15, 0.2) is 41.1 Å². The molecule has 1 aromatic carbocycles. The number of carbonyl (C=O) groups is 1. The normalized spacial score (nSPS) is 11.6. The lowest BCUT2D eigenvalue weighted by atomic mass is 10.1. The van der Waals surface area contributed by atoms with Crippen LogP contribution in [-0.2, 0) is 34.8 Å². The lowest BCUT2D eigenvalue weighted by Gasteiger charge is -2.22. The molecule has 0 saturated heterocycles. The fraction of sp³-hybridized carbons (Fsp3) is 0.316. The minimum atomic E-state index is -3.51. The van der Waals surface area contributed by atoms with Crippen molar-refractivity contribution in [3.8, 4) is 11.3 Å². The minimum Gasteiger partial charge on any atom is -0.361 e. The molecule has 0 atom stereocenters. The van der Waals surface area contributed by atoms with Gasteiger partial charge in [0.05, 0.1) is 18.1 Å². The molecule has 10 heteroatoms. The number of hydrogen-bond acceptors (Lipinski definition) is 6. The number of halogens is 1. The van der Waals surface area contributed by atoms with Crippen LogP contribution in [0.25, 0.3) is 11.3 Å². The molecule has 0 radical (unpaired) electrons. The highest BCUT2D eigenvalue weighted by Gasteiger charge is 2.25. The summed E-state index contributed by atoms with van der Waals surface area (Å²) >= 11 is 6.20. The van der Waals surface area contributed by atoms with Crippen LogP contribution >= 0.6 is 11.6 Å². The van der Waals surface area contributed by atoms with Crippen molar-refractivity contribution in [1.82, 2.24) is 19.8 Å². The van der Waals surface area contributed by atoms with Crippen molar-refractivity contribution in [1.29, 1.82) is 0 Å². The molecule has 8 nitrogen and oxygen atoms in total. The smallest absolute Gasteiger partial charge is 0.238 e. The molecule has 0 fully saturated rings. The number of benzene rings is 1. The van der Waals surface area contributed by atoms with Gasteiger partial charge in [-0.1, -0.05) is 47.1 Å². The van der Waals surface area contributed by atoms with E-state index in [0.29, 0.717) is 27.7 Å². The molecule has 0 unspecified atom stereocenters. The Morgan fingerprint density at radius 2 is 1.93 bits per heavy atom. The first-order valence-corrected chi connectivity index (χ1v) is 11.2. The number of carbonyl (C=O) groups excluding carboxylic acids is 1. The molecular weight excluding hydrogens is 416 g/mol. The Balaban J connectivity index is 1.96. The second-order valence-electron chi connectivity index (χ2n) is 6.85.